The summed E-state index contributed by atoms with van der Waals surface area (Å²) < 4.78 is 13.4. The Morgan fingerprint density at radius 3 is 2.20 bits per heavy atom. The van der Waals surface area contributed by atoms with Gasteiger partial charge in [-0.15, -0.1) is 0 Å². The first kappa shape index (κ1) is 18.4. The summed E-state index contributed by atoms with van der Waals surface area (Å²) in [4.78, 5) is 23.4. The molecule has 3 N–H and O–H groups in total. The molecule has 0 fully saturated rings. The fourth-order valence-corrected chi connectivity index (χ4v) is 2.12. The molecule has 5 nitrogen and oxygen atoms in total. The molecule has 0 heterocycles. The van der Waals surface area contributed by atoms with Crippen molar-refractivity contribution in [2.75, 3.05) is 6.54 Å². The van der Waals surface area contributed by atoms with Crippen LogP contribution >= 0.6 is 0 Å². The number of amides is 3. The van der Waals surface area contributed by atoms with Crippen LogP contribution < -0.4 is 16.0 Å². The van der Waals surface area contributed by atoms with Crippen molar-refractivity contribution < 1.29 is 14.0 Å². The lowest BCUT2D eigenvalue weighted by atomic mass is 10.1. The van der Waals surface area contributed by atoms with Gasteiger partial charge < -0.3 is 16.0 Å². The van der Waals surface area contributed by atoms with E-state index in [-0.39, 0.29) is 24.8 Å². The predicted molar refractivity (Wildman–Crippen MR) is 94.4 cm³/mol. The number of rotatable bonds is 6. The molecule has 6 heteroatoms. The third-order valence-corrected chi connectivity index (χ3v) is 3.71. The molecule has 0 aromatic heterocycles. The maximum absolute atomic E-state index is 13.4. The first-order chi connectivity index (χ1) is 11.9. The Labute approximate surface area is 146 Å². The maximum Gasteiger partial charge on any atom is 0.315 e. The Hall–Kier alpha value is -2.89. The second kappa shape index (κ2) is 8.82. The van der Waals surface area contributed by atoms with Gasteiger partial charge in [-0.05, 0) is 36.6 Å². The number of halogens is 1. The van der Waals surface area contributed by atoms with Gasteiger partial charge in [0.05, 0.1) is 6.54 Å². The van der Waals surface area contributed by atoms with Crippen LogP contribution in [-0.4, -0.2) is 18.5 Å². The minimum absolute atomic E-state index is 0.145. The molecule has 132 valence electrons. The van der Waals surface area contributed by atoms with E-state index in [1.54, 1.807) is 19.1 Å². The summed E-state index contributed by atoms with van der Waals surface area (Å²) in [6, 6.07) is 12.2. The summed E-state index contributed by atoms with van der Waals surface area (Å²) >= 11 is 0. The Morgan fingerprint density at radius 2 is 1.52 bits per heavy atom. The molecule has 25 heavy (non-hydrogen) atoms. The topological polar surface area (TPSA) is 70.2 Å². The third kappa shape index (κ3) is 6.25. The highest BCUT2D eigenvalue weighted by molar-refractivity contribution is 5.83. The van der Waals surface area contributed by atoms with E-state index in [4.69, 9.17) is 0 Å². The van der Waals surface area contributed by atoms with E-state index >= 15 is 0 Å². The molecule has 0 saturated carbocycles. The lowest BCUT2D eigenvalue weighted by molar-refractivity contribution is -0.120. The van der Waals surface area contributed by atoms with E-state index in [9.17, 15) is 14.0 Å². The molecular formula is C19H22FN3O2. The standard InChI is InChI=1S/C19H22FN3O2/c1-13-3-6-15(7-4-13)10-22-19(25)23-12-18(24)21-11-16-8-5-14(2)17(20)9-16/h3-9H,10-12H2,1-2H3,(H,21,24)(H2,22,23,25). The Kier molecular flexibility index (Phi) is 6.51. The van der Waals surface area contributed by atoms with Crippen molar-refractivity contribution in [1.29, 1.82) is 0 Å². The van der Waals surface area contributed by atoms with Crippen molar-refractivity contribution in [2.45, 2.75) is 26.9 Å². The molecule has 0 aliphatic carbocycles. The highest BCUT2D eigenvalue weighted by Gasteiger charge is 2.06. The van der Waals surface area contributed by atoms with Crippen LogP contribution in [0.1, 0.15) is 22.3 Å². The van der Waals surface area contributed by atoms with Crippen LogP contribution in [0.4, 0.5) is 9.18 Å². The third-order valence-electron chi connectivity index (χ3n) is 3.71. The van der Waals surface area contributed by atoms with Gasteiger partial charge in [-0.3, -0.25) is 4.79 Å². The molecule has 2 aromatic carbocycles. The number of carbonyl (C=O) groups is 2. The number of urea groups is 1. The monoisotopic (exact) mass is 343 g/mol. The van der Waals surface area contributed by atoms with E-state index in [0.29, 0.717) is 17.7 Å². The molecule has 3 amide bonds. The highest BCUT2D eigenvalue weighted by atomic mass is 19.1. The van der Waals surface area contributed by atoms with Gasteiger partial charge in [-0.1, -0.05) is 42.0 Å². The van der Waals surface area contributed by atoms with Gasteiger partial charge in [0.1, 0.15) is 5.82 Å². The first-order valence-corrected chi connectivity index (χ1v) is 8.03. The number of hydrogen-bond acceptors (Lipinski definition) is 2. The summed E-state index contributed by atoms with van der Waals surface area (Å²) in [5, 5.41) is 7.80. The predicted octanol–water partition coefficient (Wildman–Crippen LogP) is 2.56. The molecule has 0 spiro atoms. The van der Waals surface area contributed by atoms with Gasteiger partial charge >= 0.3 is 6.03 Å². The Bertz CT molecular complexity index is 745. The van der Waals surface area contributed by atoms with E-state index in [1.165, 1.54) is 6.07 Å². The quantitative estimate of drug-likeness (QED) is 0.754. The molecule has 0 aliphatic heterocycles. The Morgan fingerprint density at radius 1 is 0.880 bits per heavy atom. The van der Waals surface area contributed by atoms with E-state index in [1.807, 2.05) is 31.2 Å². The van der Waals surface area contributed by atoms with Crippen LogP contribution in [0.15, 0.2) is 42.5 Å². The number of nitrogens with one attached hydrogen (secondary N) is 3. The lowest BCUT2D eigenvalue weighted by Gasteiger charge is -2.09. The van der Waals surface area contributed by atoms with Crippen LogP contribution in [-0.2, 0) is 17.9 Å². The van der Waals surface area contributed by atoms with Crippen molar-refractivity contribution in [3.05, 3.63) is 70.5 Å². The second-order valence-electron chi connectivity index (χ2n) is 5.88. The van der Waals surface area contributed by atoms with Crippen LogP contribution in [0.5, 0.6) is 0 Å². The van der Waals surface area contributed by atoms with Gasteiger partial charge in [0.25, 0.3) is 0 Å². The smallest absolute Gasteiger partial charge is 0.315 e. The molecule has 0 atom stereocenters. The van der Waals surface area contributed by atoms with Crippen molar-refractivity contribution in [3.8, 4) is 0 Å². The fraction of sp³-hybridized carbons (Fsp3) is 0.263. The zero-order chi connectivity index (χ0) is 18.2. The van der Waals surface area contributed by atoms with Crippen LogP contribution in [0.25, 0.3) is 0 Å². The largest absolute Gasteiger partial charge is 0.350 e. The van der Waals surface area contributed by atoms with Crippen molar-refractivity contribution in [3.63, 3.8) is 0 Å². The average molecular weight is 343 g/mol. The maximum atomic E-state index is 13.4. The molecule has 0 unspecified atom stereocenters. The normalized spacial score (nSPS) is 10.2. The number of aryl methyl sites for hydroxylation is 2. The number of carbonyl (C=O) groups excluding carboxylic acids is 2. The molecule has 0 aliphatic rings. The van der Waals surface area contributed by atoms with Crippen LogP contribution in [0.2, 0.25) is 0 Å². The molecule has 2 aromatic rings. The zero-order valence-corrected chi connectivity index (χ0v) is 14.4. The fourth-order valence-electron chi connectivity index (χ4n) is 2.12. The summed E-state index contributed by atoms with van der Waals surface area (Å²) in [5.74, 6) is -0.646. The molecule has 0 radical (unpaired) electrons. The minimum Gasteiger partial charge on any atom is -0.350 e. The van der Waals surface area contributed by atoms with Crippen LogP contribution in [0.3, 0.4) is 0 Å². The average Bonchev–Trinajstić information content (AvgIpc) is 2.60. The summed E-state index contributed by atoms with van der Waals surface area (Å²) in [6.07, 6.45) is 0. The SMILES string of the molecule is Cc1ccc(CNC(=O)NCC(=O)NCc2ccc(C)c(F)c2)cc1. The molecular weight excluding hydrogens is 321 g/mol. The highest BCUT2D eigenvalue weighted by Crippen LogP contribution is 2.08. The first-order valence-electron chi connectivity index (χ1n) is 8.03. The van der Waals surface area contributed by atoms with Gasteiger partial charge in [-0.2, -0.15) is 0 Å². The lowest BCUT2D eigenvalue weighted by Crippen LogP contribution is -2.41. The van der Waals surface area contributed by atoms with Gasteiger partial charge in [-0.25, -0.2) is 9.18 Å². The zero-order valence-electron chi connectivity index (χ0n) is 14.4. The van der Waals surface area contributed by atoms with E-state index < -0.39 is 6.03 Å². The molecule has 0 bridgehead atoms. The summed E-state index contributed by atoms with van der Waals surface area (Å²) in [5.41, 5.74) is 3.35. The molecule has 0 saturated heterocycles. The van der Waals surface area contributed by atoms with Crippen molar-refractivity contribution >= 4 is 11.9 Å². The second-order valence-corrected chi connectivity index (χ2v) is 5.88. The van der Waals surface area contributed by atoms with Gasteiger partial charge in [0.15, 0.2) is 0 Å². The van der Waals surface area contributed by atoms with E-state index in [2.05, 4.69) is 16.0 Å². The Balaban J connectivity index is 1.67. The number of benzene rings is 2. The van der Waals surface area contributed by atoms with E-state index in [0.717, 1.165) is 11.1 Å². The van der Waals surface area contributed by atoms with Gasteiger partial charge in [0.2, 0.25) is 5.91 Å². The summed E-state index contributed by atoms with van der Waals surface area (Å²) in [7, 11) is 0. The minimum atomic E-state index is -0.419. The van der Waals surface area contributed by atoms with Gasteiger partial charge in [0, 0.05) is 13.1 Å². The van der Waals surface area contributed by atoms with Crippen molar-refractivity contribution in [1.82, 2.24) is 16.0 Å². The number of hydrogen-bond donors (Lipinski definition) is 3. The summed E-state index contributed by atoms with van der Waals surface area (Å²) in [6.45, 7) is 4.12. The molecule has 2 rings (SSSR count). The van der Waals surface area contributed by atoms with Crippen LogP contribution in [0, 0.1) is 19.7 Å². The van der Waals surface area contributed by atoms with Crippen molar-refractivity contribution in [2.24, 2.45) is 0 Å².